The molecule has 0 N–H and O–H groups in total. The first-order chi connectivity index (χ1) is 5.85. The summed E-state index contributed by atoms with van der Waals surface area (Å²) < 4.78 is 0. The fourth-order valence-corrected chi connectivity index (χ4v) is 1.08. The molecule has 0 aromatic rings. The van der Waals surface area contributed by atoms with E-state index in [4.69, 9.17) is 6.42 Å². The van der Waals surface area contributed by atoms with Gasteiger partial charge in [0.05, 0.1) is 0 Å². The quantitative estimate of drug-likeness (QED) is 0.412. The van der Waals surface area contributed by atoms with Gasteiger partial charge in [-0.15, -0.1) is 6.42 Å². The Kier molecular flexibility index (Phi) is 7.91. The van der Waals surface area contributed by atoms with Crippen molar-refractivity contribution in [1.29, 1.82) is 0 Å². The molecule has 0 saturated carbocycles. The molecule has 0 heteroatoms. The Balaban J connectivity index is 3.65. The van der Waals surface area contributed by atoms with Gasteiger partial charge in [-0.1, -0.05) is 45.1 Å². The Morgan fingerprint density at radius 3 is 2.42 bits per heavy atom. The van der Waals surface area contributed by atoms with Crippen LogP contribution in [0.3, 0.4) is 0 Å². The van der Waals surface area contributed by atoms with Crippen molar-refractivity contribution in [3.8, 4) is 12.3 Å². The Bertz CT molecular complexity index is 157. The summed E-state index contributed by atoms with van der Waals surface area (Å²) >= 11 is 0. The minimum Gasteiger partial charge on any atom is -0.115 e. The molecule has 0 heterocycles. The summed E-state index contributed by atoms with van der Waals surface area (Å²) in [5, 5.41) is 0. The molecule has 12 heavy (non-hydrogen) atoms. The maximum atomic E-state index is 5.38. The van der Waals surface area contributed by atoms with Gasteiger partial charge < -0.3 is 0 Å². The molecule has 0 bridgehead atoms. The zero-order valence-corrected chi connectivity index (χ0v) is 8.40. The molecule has 0 atom stereocenters. The lowest BCUT2D eigenvalue weighted by Crippen LogP contribution is -1.80. The number of hydrogen-bond donors (Lipinski definition) is 0. The average Bonchev–Trinajstić information content (AvgIpc) is 2.11. The van der Waals surface area contributed by atoms with Crippen LogP contribution >= 0.6 is 0 Å². The highest BCUT2D eigenvalue weighted by molar-refractivity contribution is 5.24. The van der Waals surface area contributed by atoms with Crippen molar-refractivity contribution >= 4 is 0 Å². The molecule has 0 aliphatic carbocycles. The van der Waals surface area contributed by atoms with Crippen molar-refractivity contribution in [2.75, 3.05) is 0 Å². The Labute approximate surface area is 77.1 Å². The van der Waals surface area contributed by atoms with E-state index in [1.54, 1.807) is 0 Å². The summed E-state index contributed by atoms with van der Waals surface area (Å²) in [6.07, 6.45) is 14.8. The van der Waals surface area contributed by atoms with Gasteiger partial charge in [-0.05, 0) is 24.8 Å². The van der Waals surface area contributed by atoms with Crippen LogP contribution in [0, 0.1) is 12.3 Å². The standard InChI is InChI=1S/C12H20/c1-4-7-9-11-12(6-3)10-8-5-2/h3,11H,4-5,7-10H2,1-2H3/b12-11-. The maximum absolute atomic E-state index is 5.38. The van der Waals surface area contributed by atoms with Crippen molar-refractivity contribution in [3.05, 3.63) is 11.6 Å². The summed E-state index contributed by atoms with van der Waals surface area (Å²) in [5.74, 6) is 2.76. The van der Waals surface area contributed by atoms with Crippen LogP contribution in [0.5, 0.6) is 0 Å². The topological polar surface area (TPSA) is 0 Å². The molecular weight excluding hydrogens is 144 g/mol. The van der Waals surface area contributed by atoms with Crippen LogP contribution < -0.4 is 0 Å². The maximum Gasteiger partial charge on any atom is -0.00223 e. The van der Waals surface area contributed by atoms with E-state index < -0.39 is 0 Å². The van der Waals surface area contributed by atoms with E-state index in [0.717, 1.165) is 12.8 Å². The van der Waals surface area contributed by atoms with Crippen molar-refractivity contribution in [1.82, 2.24) is 0 Å². The number of hydrogen-bond acceptors (Lipinski definition) is 0. The summed E-state index contributed by atoms with van der Waals surface area (Å²) in [7, 11) is 0. The summed E-state index contributed by atoms with van der Waals surface area (Å²) in [6.45, 7) is 4.40. The molecule has 0 rings (SSSR count). The summed E-state index contributed by atoms with van der Waals surface area (Å²) in [5.41, 5.74) is 1.20. The molecule has 0 aromatic carbocycles. The molecule has 0 aliphatic heterocycles. The first kappa shape index (κ1) is 11.3. The van der Waals surface area contributed by atoms with Crippen LogP contribution in [-0.2, 0) is 0 Å². The Morgan fingerprint density at radius 2 is 1.92 bits per heavy atom. The fourth-order valence-electron chi connectivity index (χ4n) is 1.08. The average molecular weight is 164 g/mol. The molecule has 0 saturated heterocycles. The summed E-state index contributed by atoms with van der Waals surface area (Å²) in [6, 6.07) is 0. The number of allylic oxidation sites excluding steroid dienone is 2. The van der Waals surface area contributed by atoms with Gasteiger partial charge in [0.25, 0.3) is 0 Å². The third-order valence-electron chi connectivity index (χ3n) is 1.93. The first-order valence-electron chi connectivity index (χ1n) is 5.00. The van der Waals surface area contributed by atoms with Crippen LogP contribution in [0.4, 0.5) is 0 Å². The zero-order valence-electron chi connectivity index (χ0n) is 8.40. The lowest BCUT2D eigenvalue weighted by Gasteiger charge is -1.97. The summed E-state index contributed by atoms with van der Waals surface area (Å²) in [4.78, 5) is 0. The van der Waals surface area contributed by atoms with Crippen molar-refractivity contribution in [3.63, 3.8) is 0 Å². The van der Waals surface area contributed by atoms with Crippen molar-refractivity contribution < 1.29 is 0 Å². The second kappa shape index (κ2) is 8.40. The number of rotatable bonds is 6. The molecule has 68 valence electrons. The molecule has 0 nitrogen and oxygen atoms in total. The molecule has 0 aromatic heterocycles. The first-order valence-corrected chi connectivity index (χ1v) is 5.00. The van der Waals surface area contributed by atoms with Crippen LogP contribution in [-0.4, -0.2) is 0 Å². The number of unbranched alkanes of at least 4 members (excludes halogenated alkanes) is 3. The van der Waals surface area contributed by atoms with E-state index in [1.165, 1.54) is 31.3 Å². The lowest BCUT2D eigenvalue weighted by atomic mass is 10.1. The molecule has 0 amide bonds. The van der Waals surface area contributed by atoms with Gasteiger partial charge in [-0.2, -0.15) is 0 Å². The fraction of sp³-hybridized carbons (Fsp3) is 0.667. The van der Waals surface area contributed by atoms with Gasteiger partial charge in [0.2, 0.25) is 0 Å². The van der Waals surface area contributed by atoms with E-state index >= 15 is 0 Å². The minimum absolute atomic E-state index is 1.09. The van der Waals surface area contributed by atoms with E-state index in [1.807, 2.05) is 0 Å². The third kappa shape index (κ3) is 6.04. The predicted molar refractivity (Wildman–Crippen MR) is 56.0 cm³/mol. The lowest BCUT2D eigenvalue weighted by molar-refractivity contribution is 0.781. The van der Waals surface area contributed by atoms with Crippen molar-refractivity contribution in [2.24, 2.45) is 0 Å². The molecule has 0 aliphatic rings. The highest BCUT2D eigenvalue weighted by atomic mass is 14.0. The SMILES string of the molecule is C#C/C(=C/CCCC)CCCC. The second-order valence-corrected chi connectivity index (χ2v) is 3.12. The molecule has 0 radical (unpaired) electrons. The normalized spacial score (nSPS) is 11.2. The highest BCUT2D eigenvalue weighted by Gasteiger charge is 1.91. The van der Waals surface area contributed by atoms with Gasteiger partial charge in [0.1, 0.15) is 0 Å². The second-order valence-electron chi connectivity index (χ2n) is 3.12. The molecule has 0 unspecified atom stereocenters. The molecule has 0 fully saturated rings. The van der Waals surface area contributed by atoms with Gasteiger partial charge >= 0.3 is 0 Å². The van der Waals surface area contributed by atoms with Gasteiger partial charge in [-0.25, -0.2) is 0 Å². The van der Waals surface area contributed by atoms with E-state index in [0.29, 0.717) is 0 Å². The molecular formula is C12H20. The van der Waals surface area contributed by atoms with Gasteiger partial charge in [0.15, 0.2) is 0 Å². The Hall–Kier alpha value is -0.700. The van der Waals surface area contributed by atoms with Crippen LogP contribution in [0.15, 0.2) is 11.6 Å². The number of terminal acetylenes is 1. The minimum atomic E-state index is 1.09. The van der Waals surface area contributed by atoms with E-state index in [-0.39, 0.29) is 0 Å². The van der Waals surface area contributed by atoms with E-state index in [9.17, 15) is 0 Å². The zero-order chi connectivity index (χ0) is 9.23. The predicted octanol–water partition coefficient (Wildman–Crippen LogP) is 3.93. The van der Waals surface area contributed by atoms with Crippen LogP contribution in [0.2, 0.25) is 0 Å². The largest absolute Gasteiger partial charge is 0.115 e. The highest BCUT2D eigenvalue weighted by Crippen LogP contribution is 2.08. The van der Waals surface area contributed by atoms with Crippen LogP contribution in [0.1, 0.15) is 52.4 Å². The van der Waals surface area contributed by atoms with Crippen molar-refractivity contribution in [2.45, 2.75) is 52.4 Å². The smallest absolute Gasteiger partial charge is 0.00223 e. The monoisotopic (exact) mass is 164 g/mol. The third-order valence-corrected chi connectivity index (χ3v) is 1.93. The van der Waals surface area contributed by atoms with Gasteiger partial charge in [0, 0.05) is 0 Å². The van der Waals surface area contributed by atoms with Crippen LogP contribution in [0.25, 0.3) is 0 Å². The van der Waals surface area contributed by atoms with E-state index in [2.05, 4.69) is 25.8 Å². The van der Waals surface area contributed by atoms with Gasteiger partial charge in [-0.3, -0.25) is 0 Å². The molecule has 0 spiro atoms. The Morgan fingerprint density at radius 1 is 1.25 bits per heavy atom.